The first-order valence-electron chi connectivity index (χ1n) is 6.58. The van der Waals surface area contributed by atoms with Crippen LogP contribution in [-0.4, -0.2) is 41.9 Å². The molecule has 1 saturated heterocycles. The van der Waals surface area contributed by atoms with Gasteiger partial charge in [0.05, 0.1) is 6.04 Å². The first-order chi connectivity index (χ1) is 8.04. The molecule has 0 aliphatic carbocycles. The fraction of sp³-hybridized carbons (Fsp3) is 0.923. The summed E-state index contributed by atoms with van der Waals surface area (Å²) in [7, 11) is 0. The Morgan fingerprint density at radius 3 is 2.82 bits per heavy atom. The van der Waals surface area contributed by atoms with Crippen LogP contribution in [0.4, 0.5) is 0 Å². The molecule has 0 bridgehead atoms. The molecule has 2 N–H and O–H groups in total. The molecule has 3 nitrogen and oxygen atoms in total. The van der Waals surface area contributed by atoms with Crippen LogP contribution in [0, 0.1) is 11.8 Å². The van der Waals surface area contributed by atoms with E-state index < -0.39 is 0 Å². The number of nitrogens with two attached hydrogens (primary N) is 1. The van der Waals surface area contributed by atoms with Crippen molar-refractivity contribution in [1.82, 2.24) is 4.90 Å². The van der Waals surface area contributed by atoms with Gasteiger partial charge in [0.1, 0.15) is 0 Å². The molecule has 4 heteroatoms. The van der Waals surface area contributed by atoms with Gasteiger partial charge >= 0.3 is 0 Å². The van der Waals surface area contributed by atoms with E-state index in [0.29, 0.717) is 5.92 Å². The van der Waals surface area contributed by atoms with Gasteiger partial charge in [0.2, 0.25) is 5.91 Å². The summed E-state index contributed by atoms with van der Waals surface area (Å²) in [5, 5.41) is 0. The molecule has 1 amide bonds. The Hall–Kier alpha value is -0.220. The SMILES string of the molecule is CSCC[C@H](N)C(=O)N1CC[C@H](C)C[C@H](C)C1. The second-order valence-electron chi connectivity index (χ2n) is 5.41. The molecule has 3 atom stereocenters. The highest BCUT2D eigenvalue weighted by Crippen LogP contribution is 2.21. The number of carbonyl (C=O) groups is 1. The maximum Gasteiger partial charge on any atom is 0.239 e. The normalized spacial score (nSPS) is 27.6. The molecule has 100 valence electrons. The minimum atomic E-state index is -0.303. The Kier molecular flexibility index (Phi) is 6.34. The van der Waals surface area contributed by atoms with Crippen molar-refractivity contribution < 1.29 is 4.79 Å². The van der Waals surface area contributed by atoms with Gasteiger partial charge in [0.15, 0.2) is 0 Å². The molecular weight excluding hydrogens is 232 g/mol. The van der Waals surface area contributed by atoms with E-state index in [9.17, 15) is 4.79 Å². The van der Waals surface area contributed by atoms with Gasteiger partial charge in [0, 0.05) is 13.1 Å². The van der Waals surface area contributed by atoms with Crippen molar-refractivity contribution >= 4 is 17.7 Å². The largest absolute Gasteiger partial charge is 0.341 e. The zero-order valence-electron chi connectivity index (χ0n) is 11.3. The number of rotatable bonds is 4. The smallest absolute Gasteiger partial charge is 0.239 e. The predicted octanol–water partition coefficient (Wildman–Crippen LogP) is 1.96. The average Bonchev–Trinajstić information content (AvgIpc) is 2.46. The molecule has 0 aromatic rings. The summed E-state index contributed by atoms with van der Waals surface area (Å²) in [6.07, 6.45) is 5.18. The number of nitrogens with zero attached hydrogens (tertiary/aromatic N) is 1. The van der Waals surface area contributed by atoms with E-state index in [1.54, 1.807) is 11.8 Å². The molecule has 1 fully saturated rings. The molecule has 1 rings (SSSR count). The summed E-state index contributed by atoms with van der Waals surface area (Å²) in [5.74, 6) is 2.45. The Bertz CT molecular complexity index is 248. The molecule has 0 spiro atoms. The van der Waals surface area contributed by atoms with Crippen molar-refractivity contribution in [1.29, 1.82) is 0 Å². The highest BCUT2D eigenvalue weighted by molar-refractivity contribution is 7.98. The predicted molar refractivity (Wildman–Crippen MR) is 75.1 cm³/mol. The number of carbonyl (C=O) groups excluding carboxylic acids is 1. The van der Waals surface area contributed by atoms with Gasteiger partial charge in [-0.1, -0.05) is 13.8 Å². The summed E-state index contributed by atoms with van der Waals surface area (Å²) < 4.78 is 0. The third-order valence-electron chi connectivity index (χ3n) is 3.49. The van der Waals surface area contributed by atoms with Crippen LogP contribution in [0.1, 0.15) is 33.1 Å². The minimum absolute atomic E-state index is 0.153. The van der Waals surface area contributed by atoms with Gasteiger partial charge < -0.3 is 10.6 Å². The van der Waals surface area contributed by atoms with Crippen molar-refractivity contribution in [3.63, 3.8) is 0 Å². The minimum Gasteiger partial charge on any atom is -0.341 e. The quantitative estimate of drug-likeness (QED) is 0.838. The second kappa shape index (κ2) is 7.27. The topological polar surface area (TPSA) is 46.3 Å². The van der Waals surface area contributed by atoms with Crippen LogP contribution in [0.25, 0.3) is 0 Å². The molecule has 17 heavy (non-hydrogen) atoms. The lowest BCUT2D eigenvalue weighted by atomic mass is 9.97. The van der Waals surface area contributed by atoms with E-state index in [-0.39, 0.29) is 11.9 Å². The Morgan fingerprint density at radius 1 is 1.47 bits per heavy atom. The number of likely N-dealkylation sites (tertiary alicyclic amines) is 1. The van der Waals surface area contributed by atoms with Gasteiger partial charge in [0.25, 0.3) is 0 Å². The van der Waals surface area contributed by atoms with Gasteiger partial charge in [-0.05, 0) is 43.1 Å². The standard InChI is InChI=1S/C13H26N2OS/c1-10-4-6-15(9-11(2)8-10)13(16)12(14)5-7-17-3/h10-12H,4-9,14H2,1-3H3/t10-,11-,12-/m0/s1. The van der Waals surface area contributed by atoms with Crippen LogP contribution < -0.4 is 5.73 Å². The van der Waals surface area contributed by atoms with Gasteiger partial charge in [-0.15, -0.1) is 0 Å². The zero-order chi connectivity index (χ0) is 12.8. The van der Waals surface area contributed by atoms with Crippen molar-refractivity contribution in [3.05, 3.63) is 0 Å². The van der Waals surface area contributed by atoms with Crippen LogP contribution in [0.15, 0.2) is 0 Å². The lowest BCUT2D eigenvalue weighted by Crippen LogP contribution is -2.45. The van der Waals surface area contributed by atoms with E-state index in [0.717, 1.165) is 37.6 Å². The summed E-state index contributed by atoms with van der Waals surface area (Å²) in [5.41, 5.74) is 5.96. The Balaban J connectivity index is 2.49. The molecule has 0 aromatic heterocycles. The summed E-state index contributed by atoms with van der Waals surface area (Å²) in [6, 6.07) is -0.303. The molecule has 1 heterocycles. The van der Waals surface area contributed by atoms with Crippen molar-refractivity contribution in [2.24, 2.45) is 17.6 Å². The van der Waals surface area contributed by atoms with Crippen LogP contribution in [0.5, 0.6) is 0 Å². The maximum atomic E-state index is 12.2. The number of thioether (sulfide) groups is 1. The summed E-state index contributed by atoms with van der Waals surface area (Å²) in [4.78, 5) is 14.2. The Morgan fingerprint density at radius 2 is 2.18 bits per heavy atom. The van der Waals surface area contributed by atoms with Crippen molar-refractivity contribution in [3.8, 4) is 0 Å². The number of amides is 1. The monoisotopic (exact) mass is 258 g/mol. The van der Waals surface area contributed by atoms with E-state index in [2.05, 4.69) is 13.8 Å². The summed E-state index contributed by atoms with van der Waals surface area (Å²) >= 11 is 1.75. The molecule has 1 aliphatic rings. The van der Waals surface area contributed by atoms with Crippen LogP contribution >= 0.6 is 11.8 Å². The van der Waals surface area contributed by atoms with Crippen LogP contribution in [-0.2, 0) is 4.79 Å². The first kappa shape index (κ1) is 14.8. The third kappa shape index (κ3) is 4.88. The average molecular weight is 258 g/mol. The number of hydrogen-bond donors (Lipinski definition) is 1. The van der Waals surface area contributed by atoms with Crippen LogP contribution in [0.2, 0.25) is 0 Å². The lowest BCUT2D eigenvalue weighted by molar-refractivity contribution is -0.133. The van der Waals surface area contributed by atoms with E-state index in [1.807, 2.05) is 11.2 Å². The maximum absolute atomic E-state index is 12.2. The highest BCUT2D eigenvalue weighted by atomic mass is 32.2. The zero-order valence-corrected chi connectivity index (χ0v) is 12.1. The second-order valence-corrected chi connectivity index (χ2v) is 6.39. The van der Waals surface area contributed by atoms with Gasteiger partial charge in [-0.25, -0.2) is 0 Å². The first-order valence-corrected chi connectivity index (χ1v) is 7.97. The molecule has 0 radical (unpaired) electrons. The van der Waals surface area contributed by atoms with Gasteiger partial charge in [-0.3, -0.25) is 4.79 Å². The van der Waals surface area contributed by atoms with E-state index >= 15 is 0 Å². The highest BCUT2D eigenvalue weighted by Gasteiger charge is 2.25. The molecule has 1 aliphatic heterocycles. The van der Waals surface area contributed by atoms with E-state index in [4.69, 9.17) is 5.73 Å². The molecule has 0 unspecified atom stereocenters. The molecular formula is C13H26N2OS. The Labute approximate surface area is 109 Å². The van der Waals surface area contributed by atoms with Gasteiger partial charge in [-0.2, -0.15) is 11.8 Å². The van der Waals surface area contributed by atoms with E-state index in [1.165, 1.54) is 6.42 Å². The van der Waals surface area contributed by atoms with Crippen LogP contribution in [0.3, 0.4) is 0 Å². The summed E-state index contributed by atoms with van der Waals surface area (Å²) in [6.45, 7) is 6.28. The lowest BCUT2D eigenvalue weighted by Gasteiger charge is -2.25. The van der Waals surface area contributed by atoms with Crippen molar-refractivity contribution in [2.75, 3.05) is 25.1 Å². The molecule has 0 saturated carbocycles. The fourth-order valence-corrected chi connectivity index (χ4v) is 3.02. The van der Waals surface area contributed by atoms with Crippen molar-refractivity contribution in [2.45, 2.75) is 39.2 Å². The fourth-order valence-electron chi connectivity index (χ4n) is 2.53. The third-order valence-corrected chi connectivity index (χ3v) is 4.13. The number of hydrogen-bond acceptors (Lipinski definition) is 3. The molecule has 0 aromatic carbocycles.